The third-order valence-electron chi connectivity index (χ3n) is 3.17. The molecule has 0 atom stereocenters. The molecule has 0 amide bonds. The Hall–Kier alpha value is -1.39. The van der Waals surface area contributed by atoms with Gasteiger partial charge in [0.2, 0.25) is 0 Å². The molecule has 0 aliphatic heterocycles. The van der Waals surface area contributed by atoms with E-state index in [9.17, 15) is 4.79 Å². The quantitative estimate of drug-likeness (QED) is 0.670. The van der Waals surface area contributed by atoms with Gasteiger partial charge in [0.1, 0.15) is 0 Å². The highest BCUT2D eigenvalue weighted by molar-refractivity contribution is 5.70. The monoisotopic (exact) mass is 265 g/mol. The molecule has 0 aromatic heterocycles. The fraction of sp³-hybridized carbons (Fsp3) is 0.533. The molecular weight excluding hydrogens is 242 g/mol. The number of hydrogen-bond acceptors (Lipinski definition) is 3. The first-order valence-corrected chi connectivity index (χ1v) is 6.55. The molecule has 0 aliphatic carbocycles. The second-order valence-corrected chi connectivity index (χ2v) is 5.58. The number of aliphatic carboxylic acids is 1. The number of aliphatic hydroxyl groups is 1. The molecule has 0 unspecified atom stereocenters. The summed E-state index contributed by atoms with van der Waals surface area (Å²) in [5.41, 5.74) is 1.91. The molecule has 0 heterocycles. The highest BCUT2D eigenvalue weighted by Crippen LogP contribution is 2.18. The highest BCUT2D eigenvalue weighted by atomic mass is 16.4. The van der Waals surface area contributed by atoms with Crippen molar-refractivity contribution in [2.24, 2.45) is 5.41 Å². The molecule has 0 spiro atoms. The fourth-order valence-corrected chi connectivity index (χ4v) is 1.99. The van der Waals surface area contributed by atoms with Crippen LogP contribution in [-0.2, 0) is 17.8 Å². The molecule has 1 aromatic carbocycles. The summed E-state index contributed by atoms with van der Waals surface area (Å²) in [7, 11) is 0. The van der Waals surface area contributed by atoms with Crippen molar-refractivity contribution in [1.82, 2.24) is 5.32 Å². The Morgan fingerprint density at radius 3 is 2.47 bits per heavy atom. The lowest BCUT2D eigenvalue weighted by Gasteiger charge is -2.24. The van der Waals surface area contributed by atoms with Gasteiger partial charge in [0.25, 0.3) is 0 Å². The summed E-state index contributed by atoms with van der Waals surface area (Å²) in [6.45, 7) is 5.82. The zero-order chi connectivity index (χ0) is 14.3. The smallest absolute Gasteiger partial charge is 0.307 e. The number of carbonyl (C=O) groups is 1. The molecule has 0 bridgehead atoms. The standard InChI is InChI=1S/C15H23NO3/c1-15(2,7-8-17)11-16-10-13-6-4-3-5-12(13)9-14(18)19/h3-6,16-17H,7-11H2,1-2H3,(H,18,19). The molecule has 0 fully saturated rings. The molecule has 19 heavy (non-hydrogen) atoms. The average molecular weight is 265 g/mol. The van der Waals surface area contributed by atoms with E-state index in [0.29, 0.717) is 6.54 Å². The van der Waals surface area contributed by atoms with E-state index < -0.39 is 5.97 Å². The molecule has 0 radical (unpaired) electrons. The Morgan fingerprint density at radius 2 is 1.89 bits per heavy atom. The number of aliphatic hydroxyl groups excluding tert-OH is 1. The van der Waals surface area contributed by atoms with E-state index in [0.717, 1.165) is 24.1 Å². The Bertz CT molecular complexity index is 416. The summed E-state index contributed by atoms with van der Waals surface area (Å²) in [5, 5.41) is 21.2. The molecule has 106 valence electrons. The Balaban J connectivity index is 2.55. The number of carboxylic acids is 1. The van der Waals surface area contributed by atoms with Crippen molar-refractivity contribution in [2.45, 2.75) is 33.2 Å². The van der Waals surface area contributed by atoms with Crippen LogP contribution < -0.4 is 5.32 Å². The Morgan fingerprint density at radius 1 is 1.26 bits per heavy atom. The summed E-state index contributed by atoms with van der Waals surface area (Å²) >= 11 is 0. The largest absolute Gasteiger partial charge is 0.481 e. The molecule has 3 N–H and O–H groups in total. The van der Waals surface area contributed by atoms with Crippen LogP contribution in [0.25, 0.3) is 0 Å². The molecule has 4 nitrogen and oxygen atoms in total. The lowest BCUT2D eigenvalue weighted by molar-refractivity contribution is -0.136. The minimum Gasteiger partial charge on any atom is -0.481 e. The molecular formula is C15H23NO3. The van der Waals surface area contributed by atoms with E-state index in [-0.39, 0.29) is 18.4 Å². The molecule has 0 aliphatic rings. The van der Waals surface area contributed by atoms with E-state index in [1.165, 1.54) is 0 Å². The zero-order valence-corrected chi connectivity index (χ0v) is 11.6. The van der Waals surface area contributed by atoms with E-state index >= 15 is 0 Å². The third kappa shape index (κ3) is 5.85. The van der Waals surface area contributed by atoms with Gasteiger partial charge in [-0.2, -0.15) is 0 Å². The predicted octanol–water partition coefficient (Wildman–Crippen LogP) is 1.81. The minimum atomic E-state index is -0.812. The zero-order valence-electron chi connectivity index (χ0n) is 11.6. The van der Waals surface area contributed by atoms with Crippen molar-refractivity contribution < 1.29 is 15.0 Å². The fourth-order valence-electron chi connectivity index (χ4n) is 1.99. The second kappa shape index (κ2) is 7.26. The van der Waals surface area contributed by atoms with Crippen LogP contribution in [0.5, 0.6) is 0 Å². The SMILES string of the molecule is CC(C)(CCO)CNCc1ccccc1CC(=O)O. The van der Waals surface area contributed by atoms with Crippen LogP contribution >= 0.6 is 0 Å². The molecule has 0 saturated heterocycles. The van der Waals surface area contributed by atoms with Crippen LogP contribution in [0.4, 0.5) is 0 Å². The first-order chi connectivity index (χ1) is 8.94. The summed E-state index contributed by atoms with van der Waals surface area (Å²) in [6, 6.07) is 7.58. The topological polar surface area (TPSA) is 69.6 Å². The van der Waals surface area contributed by atoms with Crippen LogP contribution in [0.1, 0.15) is 31.4 Å². The number of nitrogens with one attached hydrogen (secondary N) is 1. The summed E-state index contributed by atoms with van der Waals surface area (Å²) in [4.78, 5) is 10.8. The van der Waals surface area contributed by atoms with Gasteiger partial charge < -0.3 is 15.5 Å². The van der Waals surface area contributed by atoms with Gasteiger partial charge in [0, 0.05) is 19.7 Å². The number of rotatable bonds is 8. The van der Waals surface area contributed by atoms with Gasteiger partial charge in [0.05, 0.1) is 6.42 Å². The van der Waals surface area contributed by atoms with Crippen molar-refractivity contribution in [3.05, 3.63) is 35.4 Å². The highest BCUT2D eigenvalue weighted by Gasteiger charge is 2.16. The normalized spacial score (nSPS) is 11.5. The van der Waals surface area contributed by atoms with Gasteiger partial charge >= 0.3 is 5.97 Å². The molecule has 0 saturated carbocycles. The number of benzene rings is 1. The van der Waals surface area contributed by atoms with Gasteiger partial charge in [-0.3, -0.25) is 4.79 Å². The molecule has 1 aromatic rings. The van der Waals surface area contributed by atoms with Gasteiger partial charge in [-0.1, -0.05) is 38.1 Å². The maximum atomic E-state index is 10.8. The summed E-state index contributed by atoms with van der Waals surface area (Å²) in [5.74, 6) is -0.812. The van der Waals surface area contributed by atoms with Crippen LogP contribution in [0, 0.1) is 5.41 Å². The molecule has 1 rings (SSSR count). The third-order valence-corrected chi connectivity index (χ3v) is 3.17. The lowest BCUT2D eigenvalue weighted by atomic mass is 9.89. The number of hydrogen-bond donors (Lipinski definition) is 3. The average Bonchev–Trinajstić information content (AvgIpc) is 2.30. The summed E-state index contributed by atoms with van der Waals surface area (Å²) in [6.07, 6.45) is 0.800. The molecule has 4 heteroatoms. The lowest BCUT2D eigenvalue weighted by Crippen LogP contribution is -2.30. The first kappa shape index (κ1) is 15.7. The van der Waals surface area contributed by atoms with Crippen LogP contribution in [0.15, 0.2) is 24.3 Å². The van der Waals surface area contributed by atoms with Crippen LogP contribution in [-0.4, -0.2) is 29.3 Å². The van der Waals surface area contributed by atoms with Crippen molar-refractivity contribution in [3.8, 4) is 0 Å². The van der Waals surface area contributed by atoms with Crippen molar-refractivity contribution >= 4 is 5.97 Å². The van der Waals surface area contributed by atoms with Gasteiger partial charge in [0.15, 0.2) is 0 Å². The Labute approximate surface area is 114 Å². The first-order valence-electron chi connectivity index (χ1n) is 6.55. The van der Waals surface area contributed by atoms with Crippen molar-refractivity contribution in [2.75, 3.05) is 13.2 Å². The maximum Gasteiger partial charge on any atom is 0.307 e. The van der Waals surface area contributed by atoms with E-state index in [1.807, 2.05) is 24.3 Å². The van der Waals surface area contributed by atoms with Gasteiger partial charge in [-0.25, -0.2) is 0 Å². The predicted molar refractivity (Wildman–Crippen MR) is 75.0 cm³/mol. The Kier molecular flexibility index (Phi) is 5.99. The van der Waals surface area contributed by atoms with Crippen molar-refractivity contribution in [3.63, 3.8) is 0 Å². The van der Waals surface area contributed by atoms with Gasteiger partial charge in [-0.05, 0) is 23.0 Å². The van der Waals surface area contributed by atoms with Crippen LogP contribution in [0.3, 0.4) is 0 Å². The number of carboxylic acid groups (broad SMARTS) is 1. The second-order valence-electron chi connectivity index (χ2n) is 5.58. The van der Waals surface area contributed by atoms with E-state index in [2.05, 4.69) is 19.2 Å². The summed E-state index contributed by atoms with van der Waals surface area (Å²) < 4.78 is 0. The van der Waals surface area contributed by atoms with Crippen molar-refractivity contribution in [1.29, 1.82) is 0 Å². The van der Waals surface area contributed by atoms with E-state index in [4.69, 9.17) is 10.2 Å². The minimum absolute atomic E-state index is 0.0382. The maximum absolute atomic E-state index is 10.8. The van der Waals surface area contributed by atoms with E-state index in [1.54, 1.807) is 0 Å². The van der Waals surface area contributed by atoms with Crippen LogP contribution in [0.2, 0.25) is 0 Å². The van der Waals surface area contributed by atoms with Gasteiger partial charge in [-0.15, -0.1) is 0 Å².